The van der Waals surface area contributed by atoms with Crippen LogP contribution in [0.5, 0.6) is 0 Å². The number of hydrogen-bond donors (Lipinski definition) is 1. The van der Waals surface area contributed by atoms with E-state index >= 15 is 0 Å². The fourth-order valence-corrected chi connectivity index (χ4v) is 2.94. The van der Waals surface area contributed by atoms with Crippen LogP contribution in [-0.2, 0) is 14.3 Å². The lowest BCUT2D eigenvalue weighted by Crippen LogP contribution is -2.44. The monoisotopic (exact) mass is 261 g/mol. The summed E-state index contributed by atoms with van der Waals surface area (Å²) in [5.41, 5.74) is 0. The van der Waals surface area contributed by atoms with Crippen molar-refractivity contribution >= 4 is 23.6 Å². The van der Waals surface area contributed by atoms with Crippen LogP contribution in [0, 0.1) is 0 Å². The average molecular weight is 261 g/mol. The second kappa shape index (κ2) is 6.86. The number of carbonyl (C=O) groups excluding carboxylic acids is 1. The van der Waals surface area contributed by atoms with Gasteiger partial charge in [-0.25, -0.2) is 0 Å². The zero-order valence-corrected chi connectivity index (χ0v) is 11.0. The number of amides is 1. The molecule has 1 heterocycles. The Labute approximate surface area is 105 Å². The molecular weight excluding hydrogens is 242 g/mol. The molecule has 0 radical (unpaired) electrons. The predicted molar refractivity (Wildman–Crippen MR) is 66.2 cm³/mol. The lowest BCUT2D eigenvalue weighted by molar-refractivity contribution is -0.137. The molecule has 2 unspecified atom stereocenters. The van der Waals surface area contributed by atoms with E-state index in [1.165, 1.54) is 11.8 Å². The highest BCUT2D eigenvalue weighted by molar-refractivity contribution is 8.01. The molecule has 1 rings (SSSR count). The largest absolute Gasteiger partial charge is 0.481 e. The lowest BCUT2D eigenvalue weighted by atomic mass is 10.3. The summed E-state index contributed by atoms with van der Waals surface area (Å²) >= 11 is 1.42. The molecule has 5 nitrogen and oxygen atoms in total. The van der Waals surface area contributed by atoms with Crippen LogP contribution in [-0.4, -0.2) is 58.7 Å². The smallest absolute Gasteiger partial charge is 0.304 e. The van der Waals surface area contributed by atoms with Crippen LogP contribution in [0.3, 0.4) is 0 Å². The highest BCUT2D eigenvalue weighted by Gasteiger charge is 2.24. The third-order valence-electron chi connectivity index (χ3n) is 2.57. The molecule has 0 aromatic carbocycles. The zero-order valence-electron chi connectivity index (χ0n) is 10.2. The lowest BCUT2D eigenvalue weighted by Gasteiger charge is -2.29. The van der Waals surface area contributed by atoms with Crippen molar-refractivity contribution in [2.45, 2.75) is 30.8 Å². The number of carboxylic acid groups (broad SMARTS) is 1. The fraction of sp³-hybridized carbons (Fsp3) is 0.818. The Bertz CT molecular complexity index is 279. The minimum absolute atomic E-state index is 0.0486. The van der Waals surface area contributed by atoms with Gasteiger partial charge in [0, 0.05) is 18.3 Å². The summed E-state index contributed by atoms with van der Waals surface area (Å²) in [7, 11) is 0. The van der Waals surface area contributed by atoms with E-state index in [1.807, 2.05) is 13.8 Å². The third-order valence-corrected chi connectivity index (χ3v) is 3.81. The molecule has 0 spiro atoms. The molecule has 1 saturated heterocycles. The molecule has 0 saturated carbocycles. The molecule has 1 fully saturated rings. The number of ether oxygens (including phenoxy) is 1. The highest BCUT2D eigenvalue weighted by atomic mass is 32.2. The molecule has 6 heteroatoms. The van der Waals surface area contributed by atoms with E-state index in [4.69, 9.17) is 9.84 Å². The van der Waals surface area contributed by atoms with Gasteiger partial charge in [0.2, 0.25) is 5.91 Å². The maximum absolute atomic E-state index is 12.0. The van der Waals surface area contributed by atoms with Gasteiger partial charge in [0.25, 0.3) is 0 Å². The summed E-state index contributed by atoms with van der Waals surface area (Å²) in [6, 6.07) is 0. The van der Waals surface area contributed by atoms with E-state index in [1.54, 1.807) is 4.90 Å². The van der Waals surface area contributed by atoms with Crippen molar-refractivity contribution in [3.63, 3.8) is 0 Å². The molecule has 0 aromatic rings. The summed E-state index contributed by atoms with van der Waals surface area (Å²) in [5, 5.41) is 8.42. The summed E-state index contributed by atoms with van der Waals surface area (Å²) in [5.74, 6) is -0.744. The van der Waals surface area contributed by atoms with Gasteiger partial charge in [0.05, 0.1) is 24.9 Å². The van der Waals surface area contributed by atoms with E-state index < -0.39 is 5.97 Å². The van der Waals surface area contributed by atoms with Crippen LogP contribution in [0.25, 0.3) is 0 Å². The first-order valence-corrected chi connectivity index (χ1v) is 6.68. The molecule has 1 amide bonds. The Hall–Kier alpha value is -0.750. The van der Waals surface area contributed by atoms with Crippen molar-refractivity contribution < 1.29 is 19.4 Å². The van der Waals surface area contributed by atoms with Gasteiger partial charge in [-0.2, -0.15) is 0 Å². The summed E-state index contributed by atoms with van der Waals surface area (Å²) in [4.78, 5) is 24.3. The molecule has 98 valence electrons. The first kappa shape index (κ1) is 14.3. The number of carboxylic acids is 1. The van der Waals surface area contributed by atoms with Crippen molar-refractivity contribution in [2.24, 2.45) is 0 Å². The number of aliphatic carboxylic acids is 1. The Morgan fingerprint density at radius 2 is 1.94 bits per heavy atom. The van der Waals surface area contributed by atoms with Gasteiger partial charge in [-0.15, -0.1) is 11.8 Å². The third kappa shape index (κ3) is 4.95. The van der Waals surface area contributed by atoms with E-state index in [0.29, 0.717) is 26.3 Å². The number of thioether (sulfide) groups is 1. The van der Waals surface area contributed by atoms with Gasteiger partial charge in [-0.05, 0) is 6.92 Å². The van der Waals surface area contributed by atoms with Crippen LogP contribution in [0.4, 0.5) is 0 Å². The second-order valence-electron chi connectivity index (χ2n) is 4.12. The summed E-state index contributed by atoms with van der Waals surface area (Å²) in [6.45, 7) is 6.12. The molecule has 0 aliphatic carbocycles. The summed E-state index contributed by atoms with van der Waals surface area (Å²) in [6.07, 6.45) is 0.0887. The number of carbonyl (C=O) groups is 2. The van der Waals surface area contributed by atoms with Gasteiger partial charge >= 0.3 is 5.97 Å². The molecule has 0 bridgehead atoms. The van der Waals surface area contributed by atoms with Crippen molar-refractivity contribution in [3.8, 4) is 0 Å². The quantitative estimate of drug-likeness (QED) is 0.794. The highest BCUT2D eigenvalue weighted by Crippen LogP contribution is 2.22. The molecular formula is C11H19NO4S. The Balaban J connectivity index is 2.37. The molecule has 0 aromatic heterocycles. The number of morpholine rings is 1. The van der Waals surface area contributed by atoms with Crippen LogP contribution < -0.4 is 0 Å². The first-order valence-electron chi connectivity index (χ1n) is 5.74. The van der Waals surface area contributed by atoms with E-state index in [0.717, 1.165) is 0 Å². The van der Waals surface area contributed by atoms with Gasteiger partial charge in [0.1, 0.15) is 0 Å². The zero-order chi connectivity index (χ0) is 12.8. The maximum Gasteiger partial charge on any atom is 0.304 e. The average Bonchev–Trinajstić information content (AvgIpc) is 2.28. The van der Waals surface area contributed by atoms with Crippen molar-refractivity contribution in [3.05, 3.63) is 0 Å². The topological polar surface area (TPSA) is 66.8 Å². The van der Waals surface area contributed by atoms with E-state index in [2.05, 4.69) is 0 Å². The Kier molecular flexibility index (Phi) is 5.77. The first-order chi connectivity index (χ1) is 8.00. The van der Waals surface area contributed by atoms with Crippen LogP contribution in [0.15, 0.2) is 0 Å². The maximum atomic E-state index is 12.0. The van der Waals surface area contributed by atoms with Crippen LogP contribution >= 0.6 is 11.8 Å². The van der Waals surface area contributed by atoms with Gasteiger partial charge in [0.15, 0.2) is 0 Å². The molecule has 2 atom stereocenters. The molecule has 1 aliphatic heterocycles. The summed E-state index contributed by atoms with van der Waals surface area (Å²) < 4.78 is 5.18. The Morgan fingerprint density at radius 1 is 1.35 bits per heavy atom. The number of rotatable bonds is 5. The normalized spacial score (nSPS) is 19.8. The van der Waals surface area contributed by atoms with Crippen LogP contribution in [0.1, 0.15) is 20.3 Å². The Morgan fingerprint density at radius 3 is 2.47 bits per heavy atom. The SMILES string of the molecule is CC(CC(=O)O)SC(C)C(=O)N1CCOCC1. The van der Waals surface area contributed by atoms with Gasteiger partial charge in [-0.3, -0.25) is 9.59 Å². The standard InChI is InChI=1S/C11H19NO4S/c1-8(7-10(13)14)17-9(2)11(15)12-3-5-16-6-4-12/h8-9H,3-7H2,1-2H3,(H,13,14). The molecule has 17 heavy (non-hydrogen) atoms. The number of nitrogens with zero attached hydrogens (tertiary/aromatic N) is 1. The van der Waals surface area contributed by atoms with Gasteiger partial charge in [-0.1, -0.05) is 6.92 Å². The fourth-order valence-electron chi connectivity index (χ4n) is 1.74. The van der Waals surface area contributed by atoms with E-state index in [9.17, 15) is 9.59 Å². The molecule has 1 aliphatic rings. The van der Waals surface area contributed by atoms with Crippen molar-refractivity contribution in [2.75, 3.05) is 26.3 Å². The second-order valence-corrected chi connectivity index (χ2v) is 5.91. The minimum atomic E-state index is -0.823. The number of hydrogen-bond acceptors (Lipinski definition) is 4. The van der Waals surface area contributed by atoms with E-state index in [-0.39, 0.29) is 22.8 Å². The van der Waals surface area contributed by atoms with Crippen LogP contribution in [0.2, 0.25) is 0 Å². The van der Waals surface area contributed by atoms with Crippen molar-refractivity contribution in [1.29, 1.82) is 0 Å². The van der Waals surface area contributed by atoms with Gasteiger partial charge < -0.3 is 14.7 Å². The predicted octanol–water partition coefficient (Wildman–Crippen LogP) is 0.830. The van der Waals surface area contributed by atoms with Crippen molar-refractivity contribution in [1.82, 2.24) is 4.90 Å². The minimum Gasteiger partial charge on any atom is -0.481 e. The molecule has 1 N–H and O–H groups in total.